The Hall–Kier alpha value is -1.49. The molecule has 0 saturated heterocycles. The third-order valence-electron chi connectivity index (χ3n) is 1.74. The highest BCUT2D eigenvalue weighted by molar-refractivity contribution is 6.31. The zero-order chi connectivity index (χ0) is 11.4. The summed E-state index contributed by atoms with van der Waals surface area (Å²) in [6, 6.07) is 2.40. The molecule has 3 N–H and O–H groups in total. The number of benzene rings is 1. The molecule has 0 saturated carbocycles. The highest BCUT2D eigenvalue weighted by Crippen LogP contribution is 2.25. The smallest absolute Gasteiger partial charge is 0.325 e. The first-order valence-corrected chi connectivity index (χ1v) is 4.47. The third-order valence-corrected chi connectivity index (χ3v) is 2.03. The lowest BCUT2D eigenvalue weighted by Crippen LogP contribution is -2.15. The number of carbonyl (C=O) groups is 1. The summed E-state index contributed by atoms with van der Waals surface area (Å²) in [6.45, 7) is -0.0529. The Labute approximate surface area is 91.2 Å². The van der Waals surface area contributed by atoms with Crippen LogP contribution in [0, 0.1) is 5.82 Å². The average Bonchev–Trinajstić information content (AvgIpc) is 2.21. The minimum Gasteiger partial charge on any atom is -0.468 e. The fourth-order valence-electron chi connectivity index (χ4n) is 0.955. The maximum Gasteiger partial charge on any atom is 0.325 e. The van der Waals surface area contributed by atoms with E-state index in [0.29, 0.717) is 5.69 Å². The molecule has 0 amide bonds. The SMILES string of the molecule is COC(=O)CNc1cc(Cl)c(F)cc1N. The van der Waals surface area contributed by atoms with Crippen molar-refractivity contribution in [1.29, 1.82) is 0 Å². The predicted molar refractivity (Wildman–Crippen MR) is 56.3 cm³/mol. The Morgan fingerprint density at radius 3 is 2.93 bits per heavy atom. The molecule has 0 aromatic heterocycles. The monoisotopic (exact) mass is 232 g/mol. The summed E-state index contributed by atoms with van der Waals surface area (Å²) in [5, 5.41) is 2.62. The van der Waals surface area contributed by atoms with Crippen molar-refractivity contribution in [3.05, 3.63) is 23.0 Å². The summed E-state index contributed by atoms with van der Waals surface area (Å²) in [5.74, 6) is -1.05. The van der Waals surface area contributed by atoms with E-state index in [-0.39, 0.29) is 17.3 Å². The number of hydrogen-bond acceptors (Lipinski definition) is 4. The van der Waals surface area contributed by atoms with Crippen molar-refractivity contribution >= 4 is 28.9 Å². The van der Waals surface area contributed by atoms with Crippen molar-refractivity contribution in [1.82, 2.24) is 0 Å². The Balaban J connectivity index is 2.77. The van der Waals surface area contributed by atoms with Crippen LogP contribution in [0.5, 0.6) is 0 Å². The molecule has 0 aliphatic carbocycles. The van der Waals surface area contributed by atoms with Gasteiger partial charge in [-0.05, 0) is 6.07 Å². The summed E-state index contributed by atoms with van der Waals surface area (Å²) in [6.07, 6.45) is 0. The second-order valence-electron chi connectivity index (χ2n) is 2.78. The second-order valence-corrected chi connectivity index (χ2v) is 3.19. The van der Waals surface area contributed by atoms with Gasteiger partial charge in [-0.3, -0.25) is 4.79 Å². The van der Waals surface area contributed by atoms with Gasteiger partial charge in [0, 0.05) is 6.07 Å². The molecular formula is C9H10ClFN2O2. The summed E-state index contributed by atoms with van der Waals surface area (Å²) in [5.41, 5.74) is 6.08. The molecule has 1 rings (SSSR count). The number of ether oxygens (including phenoxy) is 1. The molecule has 6 heteroatoms. The number of nitrogen functional groups attached to an aromatic ring is 1. The van der Waals surface area contributed by atoms with Gasteiger partial charge in [0.2, 0.25) is 0 Å². The number of hydrogen-bond donors (Lipinski definition) is 2. The summed E-state index contributed by atoms with van der Waals surface area (Å²) in [4.78, 5) is 10.8. The van der Waals surface area contributed by atoms with Crippen molar-refractivity contribution in [3.63, 3.8) is 0 Å². The molecule has 0 fully saturated rings. The Morgan fingerprint density at radius 2 is 2.33 bits per heavy atom. The lowest BCUT2D eigenvalue weighted by molar-refractivity contribution is -0.138. The van der Waals surface area contributed by atoms with Gasteiger partial charge in [-0.25, -0.2) is 4.39 Å². The molecule has 0 unspecified atom stereocenters. The highest BCUT2D eigenvalue weighted by Gasteiger charge is 2.07. The maximum atomic E-state index is 12.9. The van der Waals surface area contributed by atoms with E-state index >= 15 is 0 Å². The first-order valence-electron chi connectivity index (χ1n) is 4.09. The fourth-order valence-corrected chi connectivity index (χ4v) is 1.12. The van der Waals surface area contributed by atoms with Gasteiger partial charge in [-0.1, -0.05) is 11.6 Å². The standard InChI is InChI=1S/C9H10ClFN2O2/c1-15-9(14)4-13-8-2-5(10)6(11)3-7(8)12/h2-3,13H,4,12H2,1H3. The Morgan fingerprint density at radius 1 is 1.67 bits per heavy atom. The first-order chi connectivity index (χ1) is 7.04. The first kappa shape index (κ1) is 11.6. The van der Waals surface area contributed by atoms with Crippen molar-refractivity contribution in [3.8, 4) is 0 Å². The van der Waals surface area contributed by atoms with Crippen molar-refractivity contribution < 1.29 is 13.9 Å². The van der Waals surface area contributed by atoms with E-state index in [4.69, 9.17) is 17.3 Å². The summed E-state index contributed by atoms with van der Waals surface area (Å²) < 4.78 is 17.3. The van der Waals surface area contributed by atoms with Crippen LogP contribution >= 0.6 is 11.6 Å². The van der Waals surface area contributed by atoms with Gasteiger partial charge < -0.3 is 15.8 Å². The van der Waals surface area contributed by atoms with E-state index in [1.54, 1.807) is 0 Å². The largest absolute Gasteiger partial charge is 0.468 e. The minimum absolute atomic E-state index is 0.0529. The highest BCUT2D eigenvalue weighted by atomic mass is 35.5. The van der Waals surface area contributed by atoms with Gasteiger partial charge in [-0.2, -0.15) is 0 Å². The molecule has 0 atom stereocenters. The maximum absolute atomic E-state index is 12.9. The summed E-state index contributed by atoms with van der Waals surface area (Å²) >= 11 is 5.55. The molecule has 0 aliphatic rings. The van der Waals surface area contributed by atoms with Crippen LogP contribution in [-0.4, -0.2) is 19.6 Å². The van der Waals surface area contributed by atoms with Crippen LogP contribution in [0.4, 0.5) is 15.8 Å². The molecule has 1 aromatic carbocycles. The van der Waals surface area contributed by atoms with Crippen LogP contribution < -0.4 is 11.1 Å². The quantitative estimate of drug-likeness (QED) is 0.614. The number of methoxy groups -OCH3 is 1. The molecule has 82 valence electrons. The Bertz CT molecular complexity index is 385. The molecule has 0 aliphatic heterocycles. The van der Waals surface area contributed by atoms with E-state index in [9.17, 15) is 9.18 Å². The molecule has 0 spiro atoms. The molecule has 15 heavy (non-hydrogen) atoms. The van der Waals surface area contributed by atoms with Crippen LogP contribution in [0.25, 0.3) is 0 Å². The van der Waals surface area contributed by atoms with Gasteiger partial charge in [0.05, 0.1) is 23.5 Å². The van der Waals surface area contributed by atoms with E-state index in [1.807, 2.05) is 0 Å². The Kier molecular flexibility index (Phi) is 3.74. The number of anilines is 2. The average molecular weight is 233 g/mol. The number of rotatable bonds is 3. The normalized spacial score (nSPS) is 9.80. The van der Waals surface area contributed by atoms with E-state index in [2.05, 4.69) is 10.1 Å². The lowest BCUT2D eigenvalue weighted by Gasteiger charge is -2.08. The van der Waals surface area contributed by atoms with Gasteiger partial charge in [-0.15, -0.1) is 0 Å². The third kappa shape index (κ3) is 2.99. The van der Waals surface area contributed by atoms with Crippen LogP contribution in [0.1, 0.15) is 0 Å². The van der Waals surface area contributed by atoms with Gasteiger partial charge in [0.1, 0.15) is 12.4 Å². The zero-order valence-corrected chi connectivity index (χ0v) is 8.77. The number of nitrogens with two attached hydrogens (primary N) is 1. The molecular weight excluding hydrogens is 223 g/mol. The fraction of sp³-hybridized carbons (Fsp3) is 0.222. The van der Waals surface area contributed by atoms with Gasteiger partial charge in [0.15, 0.2) is 0 Å². The van der Waals surface area contributed by atoms with Crippen LogP contribution in [0.2, 0.25) is 5.02 Å². The molecule has 0 radical (unpaired) electrons. The van der Waals surface area contributed by atoms with Crippen molar-refractivity contribution in [2.75, 3.05) is 24.7 Å². The minimum atomic E-state index is -0.599. The number of carbonyl (C=O) groups excluding carboxylic acids is 1. The lowest BCUT2D eigenvalue weighted by atomic mass is 10.2. The molecule has 1 aromatic rings. The van der Waals surface area contributed by atoms with Gasteiger partial charge in [0.25, 0.3) is 0 Å². The van der Waals surface area contributed by atoms with Crippen LogP contribution in [-0.2, 0) is 9.53 Å². The van der Waals surface area contributed by atoms with Crippen molar-refractivity contribution in [2.24, 2.45) is 0 Å². The summed E-state index contributed by atoms with van der Waals surface area (Å²) in [7, 11) is 1.27. The van der Waals surface area contributed by atoms with Crippen LogP contribution in [0.3, 0.4) is 0 Å². The van der Waals surface area contributed by atoms with E-state index in [0.717, 1.165) is 6.07 Å². The van der Waals surface area contributed by atoms with Crippen LogP contribution in [0.15, 0.2) is 12.1 Å². The number of esters is 1. The number of halogens is 2. The van der Waals surface area contributed by atoms with E-state index < -0.39 is 11.8 Å². The van der Waals surface area contributed by atoms with E-state index in [1.165, 1.54) is 13.2 Å². The van der Waals surface area contributed by atoms with Crippen molar-refractivity contribution in [2.45, 2.75) is 0 Å². The second kappa shape index (κ2) is 4.84. The molecule has 0 heterocycles. The molecule has 4 nitrogen and oxygen atoms in total. The van der Waals surface area contributed by atoms with Gasteiger partial charge >= 0.3 is 5.97 Å². The number of nitrogens with one attached hydrogen (secondary N) is 1. The topological polar surface area (TPSA) is 64.3 Å². The zero-order valence-electron chi connectivity index (χ0n) is 8.01. The molecule has 0 bridgehead atoms. The predicted octanol–water partition coefficient (Wildman–Crippen LogP) is 1.65.